The summed E-state index contributed by atoms with van der Waals surface area (Å²) in [6.07, 6.45) is 8.25. The molecule has 2 N–H and O–H groups in total. The molecule has 32 heavy (non-hydrogen) atoms. The number of amides is 1. The van der Waals surface area contributed by atoms with Crippen molar-refractivity contribution in [3.63, 3.8) is 0 Å². The Kier molecular flexibility index (Phi) is 7.17. The molecular formula is C25H29N3O3S. The van der Waals surface area contributed by atoms with Crippen molar-refractivity contribution >= 4 is 26.8 Å². The normalized spacial score (nSPS) is 16.4. The Bertz CT molecular complexity index is 1150. The molecule has 0 radical (unpaired) electrons. The number of aromatic nitrogens is 1. The summed E-state index contributed by atoms with van der Waals surface area (Å²) in [4.78, 5) is 17.6. The third-order valence-electron chi connectivity index (χ3n) is 5.98. The van der Waals surface area contributed by atoms with E-state index in [-0.39, 0.29) is 23.3 Å². The van der Waals surface area contributed by atoms with Gasteiger partial charge in [0.2, 0.25) is 15.9 Å². The van der Waals surface area contributed by atoms with E-state index in [4.69, 9.17) is 0 Å². The van der Waals surface area contributed by atoms with E-state index >= 15 is 0 Å². The molecule has 1 aliphatic carbocycles. The van der Waals surface area contributed by atoms with Crippen molar-refractivity contribution in [1.29, 1.82) is 0 Å². The van der Waals surface area contributed by atoms with Crippen molar-refractivity contribution in [1.82, 2.24) is 15.0 Å². The molecule has 2 aromatic carbocycles. The van der Waals surface area contributed by atoms with Gasteiger partial charge in [-0.3, -0.25) is 9.78 Å². The van der Waals surface area contributed by atoms with E-state index in [0.29, 0.717) is 5.52 Å². The second-order valence-corrected chi connectivity index (χ2v) is 10.1. The molecule has 0 bridgehead atoms. The summed E-state index contributed by atoms with van der Waals surface area (Å²) in [5.41, 5.74) is 1.29. The molecule has 4 rings (SSSR count). The summed E-state index contributed by atoms with van der Waals surface area (Å²) in [6.45, 7) is 0. The predicted octanol–water partition coefficient (Wildman–Crippen LogP) is 3.96. The molecule has 1 atom stereocenters. The predicted molar refractivity (Wildman–Crippen MR) is 126 cm³/mol. The number of pyridine rings is 1. The van der Waals surface area contributed by atoms with Gasteiger partial charge in [0, 0.05) is 17.6 Å². The van der Waals surface area contributed by atoms with E-state index in [1.54, 1.807) is 18.3 Å². The van der Waals surface area contributed by atoms with Crippen LogP contribution in [-0.4, -0.2) is 31.4 Å². The highest BCUT2D eigenvalue weighted by molar-refractivity contribution is 7.89. The minimum absolute atomic E-state index is 0.0796. The molecule has 1 amide bonds. The van der Waals surface area contributed by atoms with Gasteiger partial charge in [0.05, 0.1) is 5.52 Å². The summed E-state index contributed by atoms with van der Waals surface area (Å²) in [6, 6.07) is 17.3. The third-order valence-corrected chi connectivity index (χ3v) is 7.49. The zero-order valence-electron chi connectivity index (χ0n) is 18.0. The van der Waals surface area contributed by atoms with Crippen molar-refractivity contribution in [2.75, 3.05) is 0 Å². The molecule has 1 aromatic heterocycles. The number of hydrogen-bond donors (Lipinski definition) is 2. The highest BCUT2D eigenvalue weighted by Gasteiger charge is 2.29. The Hall–Kier alpha value is -2.77. The van der Waals surface area contributed by atoms with Crippen molar-refractivity contribution in [2.45, 2.75) is 61.9 Å². The number of sulfonamides is 1. The molecule has 168 valence electrons. The fourth-order valence-electron chi connectivity index (χ4n) is 4.31. The van der Waals surface area contributed by atoms with Crippen LogP contribution < -0.4 is 10.0 Å². The van der Waals surface area contributed by atoms with Gasteiger partial charge in [0.25, 0.3) is 0 Å². The molecule has 1 aliphatic rings. The Morgan fingerprint density at radius 3 is 2.41 bits per heavy atom. The topological polar surface area (TPSA) is 88.2 Å². The lowest BCUT2D eigenvalue weighted by atomic mass is 10.0. The van der Waals surface area contributed by atoms with Crippen LogP contribution in [0.25, 0.3) is 10.9 Å². The number of para-hydroxylation sites is 1. The Morgan fingerprint density at radius 2 is 1.66 bits per heavy atom. The number of rotatable bonds is 7. The molecule has 0 unspecified atom stereocenters. The van der Waals surface area contributed by atoms with Gasteiger partial charge >= 0.3 is 0 Å². The minimum atomic E-state index is -3.97. The maximum absolute atomic E-state index is 13.4. The third kappa shape index (κ3) is 5.53. The highest BCUT2D eigenvalue weighted by Crippen LogP contribution is 2.22. The Labute approximate surface area is 189 Å². The van der Waals surface area contributed by atoms with Crippen LogP contribution in [0.4, 0.5) is 0 Å². The van der Waals surface area contributed by atoms with Crippen LogP contribution in [0.1, 0.15) is 44.1 Å². The first-order valence-electron chi connectivity index (χ1n) is 11.2. The van der Waals surface area contributed by atoms with Crippen molar-refractivity contribution in [2.24, 2.45) is 0 Å². The largest absolute Gasteiger partial charge is 0.352 e. The molecule has 0 saturated heterocycles. The zero-order valence-corrected chi connectivity index (χ0v) is 18.9. The van der Waals surface area contributed by atoms with Crippen LogP contribution in [0.3, 0.4) is 0 Å². The molecule has 6 nitrogen and oxygen atoms in total. The van der Waals surface area contributed by atoms with Gasteiger partial charge < -0.3 is 5.32 Å². The summed E-state index contributed by atoms with van der Waals surface area (Å²) >= 11 is 0. The fraction of sp³-hybridized carbons (Fsp3) is 0.360. The van der Waals surface area contributed by atoms with Gasteiger partial charge in [-0.15, -0.1) is 0 Å². The summed E-state index contributed by atoms with van der Waals surface area (Å²) < 4.78 is 29.4. The van der Waals surface area contributed by atoms with E-state index in [1.165, 1.54) is 18.9 Å². The molecule has 1 saturated carbocycles. The van der Waals surface area contributed by atoms with Gasteiger partial charge in [-0.05, 0) is 37.0 Å². The highest BCUT2D eigenvalue weighted by atomic mass is 32.2. The van der Waals surface area contributed by atoms with Crippen LogP contribution in [0.15, 0.2) is 71.8 Å². The van der Waals surface area contributed by atoms with Crippen molar-refractivity contribution in [3.8, 4) is 0 Å². The second-order valence-electron chi connectivity index (χ2n) is 8.39. The van der Waals surface area contributed by atoms with Crippen molar-refractivity contribution < 1.29 is 13.2 Å². The SMILES string of the molecule is O=C(NC1CCCCCC1)[C@@H](Cc1ccccc1)NS(=O)(=O)c1cccc2cccnc12. The molecule has 1 heterocycles. The maximum atomic E-state index is 13.4. The van der Waals surface area contributed by atoms with E-state index in [2.05, 4.69) is 15.0 Å². The van der Waals surface area contributed by atoms with Gasteiger partial charge in [-0.1, -0.05) is 74.2 Å². The molecule has 1 fully saturated rings. The molecule has 7 heteroatoms. The van der Waals surface area contributed by atoms with Crippen molar-refractivity contribution in [3.05, 3.63) is 72.4 Å². The van der Waals surface area contributed by atoms with Gasteiger partial charge in [-0.2, -0.15) is 4.72 Å². The first kappa shape index (κ1) is 22.4. The average Bonchev–Trinajstić information content (AvgIpc) is 3.07. The van der Waals surface area contributed by atoms with Crippen LogP contribution >= 0.6 is 0 Å². The number of carbonyl (C=O) groups is 1. The monoisotopic (exact) mass is 451 g/mol. The van der Waals surface area contributed by atoms with E-state index in [0.717, 1.165) is 36.6 Å². The number of benzene rings is 2. The van der Waals surface area contributed by atoms with E-state index in [9.17, 15) is 13.2 Å². The lowest BCUT2D eigenvalue weighted by molar-refractivity contribution is -0.123. The quantitative estimate of drug-likeness (QED) is 0.532. The standard InChI is InChI=1S/C25H29N3O3S/c29-25(27-21-14-6-1-2-7-15-21)22(18-19-10-4-3-5-11-19)28-32(30,31)23-16-8-12-20-13-9-17-26-24(20)23/h3-5,8-13,16-17,21-22,28H,1-2,6-7,14-15,18H2,(H,27,29)/t22-/m1/s1. The van der Waals surface area contributed by atoms with Crippen LogP contribution in [0.5, 0.6) is 0 Å². The molecular weight excluding hydrogens is 422 g/mol. The van der Waals surface area contributed by atoms with Gasteiger partial charge in [0.1, 0.15) is 10.9 Å². The first-order chi connectivity index (χ1) is 15.5. The number of carbonyl (C=O) groups excluding carboxylic acids is 1. The van der Waals surface area contributed by atoms with Crippen LogP contribution in [-0.2, 0) is 21.2 Å². The lowest BCUT2D eigenvalue weighted by Crippen LogP contribution is -2.50. The number of nitrogens with one attached hydrogen (secondary N) is 2. The lowest BCUT2D eigenvalue weighted by Gasteiger charge is -2.23. The average molecular weight is 452 g/mol. The van der Waals surface area contributed by atoms with Crippen LogP contribution in [0.2, 0.25) is 0 Å². The maximum Gasteiger partial charge on any atom is 0.243 e. The number of nitrogens with zero attached hydrogens (tertiary/aromatic N) is 1. The van der Waals surface area contributed by atoms with Gasteiger partial charge in [0.15, 0.2) is 0 Å². The van der Waals surface area contributed by atoms with Crippen LogP contribution in [0, 0.1) is 0 Å². The smallest absolute Gasteiger partial charge is 0.243 e. The van der Waals surface area contributed by atoms with Gasteiger partial charge in [-0.25, -0.2) is 8.42 Å². The summed E-state index contributed by atoms with van der Waals surface area (Å²) in [5.74, 6) is -0.280. The van der Waals surface area contributed by atoms with E-state index < -0.39 is 16.1 Å². The molecule has 3 aromatic rings. The fourth-order valence-corrected chi connectivity index (χ4v) is 5.68. The summed E-state index contributed by atoms with van der Waals surface area (Å²) in [7, 11) is -3.97. The Morgan fingerprint density at radius 1 is 0.938 bits per heavy atom. The van der Waals surface area contributed by atoms with E-state index in [1.807, 2.05) is 42.5 Å². The number of hydrogen-bond acceptors (Lipinski definition) is 4. The molecule has 0 spiro atoms. The summed E-state index contributed by atoms with van der Waals surface area (Å²) in [5, 5.41) is 3.84. The first-order valence-corrected chi connectivity index (χ1v) is 12.7. The number of fused-ring (bicyclic) bond motifs is 1. The second kappa shape index (κ2) is 10.2. The minimum Gasteiger partial charge on any atom is -0.352 e. The Balaban J connectivity index is 1.60. The molecule has 0 aliphatic heterocycles. The zero-order chi connectivity index (χ0) is 22.4.